The number of hydrogen-bond donors (Lipinski definition) is 2. The number of carboxylic acids is 1. The van der Waals surface area contributed by atoms with Gasteiger partial charge in [0.1, 0.15) is 4.88 Å². The van der Waals surface area contributed by atoms with Gasteiger partial charge in [0.05, 0.1) is 16.1 Å². The minimum absolute atomic E-state index is 0.208. The van der Waals surface area contributed by atoms with E-state index in [0.29, 0.717) is 17.7 Å². The van der Waals surface area contributed by atoms with Crippen LogP contribution < -0.4 is 5.32 Å². The highest BCUT2D eigenvalue weighted by atomic mass is 32.1. The van der Waals surface area contributed by atoms with Gasteiger partial charge in [0, 0.05) is 6.54 Å². The predicted molar refractivity (Wildman–Crippen MR) is 67.9 cm³/mol. The first-order valence-corrected chi connectivity index (χ1v) is 6.78. The van der Waals surface area contributed by atoms with Gasteiger partial charge in [0.15, 0.2) is 0 Å². The summed E-state index contributed by atoms with van der Waals surface area (Å²) < 4.78 is 0. The lowest BCUT2D eigenvalue weighted by Crippen LogP contribution is -2.34. The van der Waals surface area contributed by atoms with Crippen LogP contribution in [0.2, 0.25) is 0 Å². The normalized spacial score (nSPS) is 16.3. The minimum atomic E-state index is -0.821. The Balaban J connectivity index is 2.00. The van der Waals surface area contributed by atoms with E-state index in [1.165, 1.54) is 11.3 Å². The fourth-order valence-corrected chi connectivity index (χ4v) is 2.68. The molecule has 0 bridgehead atoms. The summed E-state index contributed by atoms with van der Waals surface area (Å²) in [5.74, 6) is -1.03. The fraction of sp³-hybridized carbons (Fsp3) is 0.583. The van der Waals surface area contributed by atoms with Crippen LogP contribution >= 0.6 is 11.3 Å². The lowest BCUT2D eigenvalue weighted by atomic mass is 10.1. The molecule has 2 N–H and O–H groups in total. The molecule has 1 fully saturated rings. The summed E-state index contributed by atoms with van der Waals surface area (Å²) in [6, 6.07) is 0. The maximum absolute atomic E-state index is 12.0. The van der Waals surface area contributed by atoms with Gasteiger partial charge in [-0.3, -0.25) is 9.59 Å². The van der Waals surface area contributed by atoms with Crippen molar-refractivity contribution in [3.05, 3.63) is 15.6 Å². The van der Waals surface area contributed by atoms with Crippen LogP contribution in [0, 0.1) is 12.3 Å². The van der Waals surface area contributed by atoms with E-state index in [1.54, 1.807) is 6.92 Å². The van der Waals surface area contributed by atoms with Gasteiger partial charge in [-0.25, -0.2) is 4.98 Å². The molecule has 2 rings (SSSR count). The van der Waals surface area contributed by atoms with E-state index in [4.69, 9.17) is 5.11 Å². The molecule has 98 valence electrons. The predicted octanol–water partition coefficient (Wildman–Crippen LogP) is 1.61. The molecule has 1 aromatic rings. The van der Waals surface area contributed by atoms with Crippen molar-refractivity contribution in [1.29, 1.82) is 0 Å². The smallest absolute Gasteiger partial charge is 0.311 e. The number of nitrogens with one attached hydrogen (secondary N) is 1. The summed E-state index contributed by atoms with van der Waals surface area (Å²) in [5, 5.41) is 12.7. The SMILES string of the molecule is CCc1nc(C)c(C(=O)NCC2(C(=O)O)CC2)s1. The van der Waals surface area contributed by atoms with E-state index in [1.807, 2.05) is 6.92 Å². The number of rotatable bonds is 5. The molecular weight excluding hydrogens is 252 g/mol. The zero-order chi connectivity index (χ0) is 13.3. The highest BCUT2D eigenvalue weighted by Crippen LogP contribution is 2.45. The van der Waals surface area contributed by atoms with E-state index in [2.05, 4.69) is 10.3 Å². The van der Waals surface area contributed by atoms with Crippen LogP contribution in [0.25, 0.3) is 0 Å². The monoisotopic (exact) mass is 268 g/mol. The third-order valence-electron chi connectivity index (χ3n) is 3.24. The first-order valence-electron chi connectivity index (χ1n) is 5.96. The third kappa shape index (κ3) is 2.38. The molecule has 0 unspecified atom stereocenters. The number of carbonyl (C=O) groups is 2. The average molecular weight is 268 g/mol. The summed E-state index contributed by atoms with van der Waals surface area (Å²) >= 11 is 1.38. The Morgan fingerprint density at radius 3 is 2.61 bits per heavy atom. The number of aryl methyl sites for hydroxylation is 2. The van der Waals surface area contributed by atoms with Gasteiger partial charge in [0.2, 0.25) is 0 Å². The van der Waals surface area contributed by atoms with Crippen molar-refractivity contribution < 1.29 is 14.7 Å². The molecule has 1 aromatic heterocycles. The van der Waals surface area contributed by atoms with Crippen LogP contribution in [0.15, 0.2) is 0 Å². The Morgan fingerprint density at radius 2 is 2.17 bits per heavy atom. The maximum atomic E-state index is 12.0. The minimum Gasteiger partial charge on any atom is -0.481 e. The lowest BCUT2D eigenvalue weighted by Gasteiger charge is -2.10. The van der Waals surface area contributed by atoms with E-state index < -0.39 is 11.4 Å². The number of aromatic nitrogens is 1. The van der Waals surface area contributed by atoms with Gasteiger partial charge < -0.3 is 10.4 Å². The zero-order valence-corrected chi connectivity index (χ0v) is 11.3. The molecule has 1 aliphatic rings. The van der Waals surface area contributed by atoms with Gasteiger partial charge in [-0.2, -0.15) is 0 Å². The molecule has 18 heavy (non-hydrogen) atoms. The maximum Gasteiger partial charge on any atom is 0.311 e. The number of nitrogens with zero attached hydrogens (tertiary/aromatic N) is 1. The largest absolute Gasteiger partial charge is 0.481 e. The van der Waals surface area contributed by atoms with Crippen molar-refractivity contribution in [3.63, 3.8) is 0 Å². The second-order valence-corrected chi connectivity index (χ2v) is 5.73. The lowest BCUT2D eigenvalue weighted by molar-refractivity contribution is -0.143. The van der Waals surface area contributed by atoms with Crippen molar-refractivity contribution in [2.45, 2.75) is 33.1 Å². The molecule has 5 nitrogen and oxygen atoms in total. The summed E-state index contributed by atoms with van der Waals surface area (Å²) in [7, 11) is 0. The van der Waals surface area contributed by atoms with Crippen molar-refractivity contribution in [2.24, 2.45) is 5.41 Å². The molecule has 0 saturated heterocycles. The van der Waals surface area contributed by atoms with Crippen molar-refractivity contribution in [2.75, 3.05) is 6.54 Å². The molecule has 0 spiro atoms. The number of thiazole rings is 1. The topological polar surface area (TPSA) is 79.3 Å². The van der Waals surface area contributed by atoms with E-state index in [9.17, 15) is 9.59 Å². The first kappa shape index (κ1) is 13.0. The second-order valence-electron chi connectivity index (χ2n) is 4.64. The number of aliphatic carboxylic acids is 1. The molecular formula is C12H16N2O3S. The Labute approximate surface area is 109 Å². The van der Waals surface area contributed by atoms with Crippen LogP contribution in [0.3, 0.4) is 0 Å². The summed E-state index contributed by atoms with van der Waals surface area (Å²) in [6.07, 6.45) is 2.09. The standard InChI is InChI=1S/C12H16N2O3S/c1-3-8-14-7(2)9(18-8)10(15)13-6-12(4-5-12)11(16)17/h3-6H2,1-2H3,(H,13,15)(H,16,17). The molecule has 6 heteroatoms. The Bertz CT molecular complexity index is 492. The Hall–Kier alpha value is -1.43. The zero-order valence-electron chi connectivity index (χ0n) is 10.4. The molecule has 1 aliphatic carbocycles. The van der Waals surface area contributed by atoms with Crippen LogP contribution in [0.4, 0.5) is 0 Å². The van der Waals surface area contributed by atoms with Crippen LogP contribution in [-0.2, 0) is 11.2 Å². The highest BCUT2D eigenvalue weighted by molar-refractivity contribution is 7.13. The highest BCUT2D eigenvalue weighted by Gasteiger charge is 2.50. The molecule has 1 amide bonds. The number of carbonyl (C=O) groups excluding carboxylic acids is 1. The molecule has 1 saturated carbocycles. The van der Waals surface area contributed by atoms with Crippen LogP contribution in [-0.4, -0.2) is 28.5 Å². The fourth-order valence-electron chi connectivity index (χ4n) is 1.76. The average Bonchev–Trinajstić information content (AvgIpc) is 3.04. The van der Waals surface area contributed by atoms with Crippen molar-refractivity contribution in [1.82, 2.24) is 10.3 Å². The van der Waals surface area contributed by atoms with Gasteiger partial charge in [0.25, 0.3) is 5.91 Å². The van der Waals surface area contributed by atoms with Gasteiger partial charge in [-0.15, -0.1) is 11.3 Å². The molecule has 0 atom stereocenters. The number of hydrogen-bond acceptors (Lipinski definition) is 4. The summed E-state index contributed by atoms with van der Waals surface area (Å²) in [5.41, 5.74) is -0.00325. The molecule has 0 aromatic carbocycles. The first-order chi connectivity index (χ1) is 8.48. The summed E-state index contributed by atoms with van der Waals surface area (Å²) in [6.45, 7) is 4.00. The number of carboxylic acid groups (broad SMARTS) is 1. The Morgan fingerprint density at radius 1 is 1.50 bits per heavy atom. The van der Waals surface area contributed by atoms with E-state index in [-0.39, 0.29) is 12.5 Å². The van der Waals surface area contributed by atoms with E-state index in [0.717, 1.165) is 17.1 Å². The Kier molecular flexibility index (Phi) is 3.38. The van der Waals surface area contributed by atoms with Gasteiger partial charge in [-0.05, 0) is 26.2 Å². The molecule has 1 heterocycles. The quantitative estimate of drug-likeness (QED) is 0.850. The van der Waals surface area contributed by atoms with Gasteiger partial charge in [-0.1, -0.05) is 6.92 Å². The van der Waals surface area contributed by atoms with Gasteiger partial charge >= 0.3 is 5.97 Å². The number of amides is 1. The molecule has 0 radical (unpaired) electrons. The van der Waals surface area contributed by atoms with Crippen LogP contribution in [0.1, 0.15) is 40.1 Å². The third-order valence-corrected chi connectivity index (χ3v) is 4.54. The molecule has 0 aliphatic heterocycles. The van der Waals surface area contributed by atoms with Crippen molar-refractivity contribution >= 4 is 23.2 Å². The second kappa shape index (κ2) is 4.68. The van der Waals surface area contributed by atoms with Crippen molar-refractivity contribution in [3.8, 4) is 0 Å². The summed E-state index contributed by atoms with van der Waals surface area (Å²) in [4.78, 5) is 27.8. The van der Waals surface area contributed by atoms with Crippen LogP contribution in [0.5, 0.6) is 0 Å². The van der Waals surface area contributed by atoms with E-state index >= 15 is 0 Å².